The van der Waals surface area contributed by atoms with E-state index in [2.05, 4.69) is 10.3 Å². The van der Waals surface area contributed by atoms with Crippen molar-refractivity contribution in [3.63, 3.8) is 0 Å². The van der Waals surface area contributed by atoms with Gasteiger partial charge in [-0.3, -0.25) is 4.79 Å². The van der Waals surface area contributed by atoms with Crippen LogP contribution >= 0.6 is 0 Å². The topological polar surface area (TPSA) is 81.2 Å². The first-order valence-corrected chi connectivity index (χ1v) is 5.21. The molecule has 0 amide bonds. The number of carbonyl (C=O) groups excluding carboxylic acids is 1. The molecule has 2 rings (SSSR count). The maximum atomic E-state index is 11.1. The fourth-order valence-electron chi connectivity index (χ4n) is 1.37. The minimum atomic E-state index is 0.0399. The van der Waals surface area contributed by atoms with E-state index in [0.717, 1.165) is 5.69 Å². The van der Waals surface area contributed by atoms with Crippen LogP contribution in [0.2, 0.25) is 0 Å². The zero-order valence-electron chi connectivity index (χ0n) is 9.43. The number of benzene rings is 1. The molecule has 17 heavy (non-hydrogen) atoms. The van der Waals surface area contributed by atoms with E-state index in [4.69, 9.17) is 10.2 Å². The Kier molecular flexibility index (Phi) is 3.20. The largest absolute Gasteiger partial charge is 0.432 e. The number of Topliss-reactive ketones (excluding diaryl/α,β-unsaturated/α-hetero) is 1. The summed E-state index contributed by atoms with van der Waals surface area (Å²) in [6.07, 6.45) is 1.51. The second-order valence-corrected chi connectivity index (χ2v) is 3.61. The minimum absolute atomic E-state index is 0.0399. The molecule has 1 heterocycles. The number of nitrogens with one attached hydrogen (secondary N) is 1. The summed E-state index contributed by atoms with van der Waals surface area (Å²) in [7, 11) is 0. The molecule has 0 saturated heterocycles. The van der Waals surface area contributed by atoms with Crippen LogP contribution in [0.1, 0.15) is 23.0 Å². The van der Waals surface area contributed by atoms with Crippen molar-refractivity contribution in [1.82, 2.24) is 4.98 Å². The van der Waals surface area contributed by atoms with E-state index in [1.54, 1.807) is 24.3 Å². The molecular formula is C12H13N3O2. The Morgan fingerprint density at radius 2 is 2.12 bits per heavy atom. The lowest BCUT2D eigenvalue weighted by Gasteiger charge is -2.02. The molecule has 0 spiro atoms. The van der Waals surface area contributed by atoms with Crippen molar-refractivity contribution in [3.05, 3.63) is 41.8 Å². The third-order valence-electron chi connectivity index (χ3n) is 2.30. The Morgan fingerprint density at radius 1 is 1.41 bits per heavy atom. The minimum Gasteiger partial charge on any atom is -0.432 e. The molecule has 5 nitrogen and oxygen atoms in total. The first-order chi connectivity index (χ1) is 8.19. The highest BCUT2D eigenvalue weighted by atomic mass is 16.4. The Bertz CT molecular complexity index is 517. The van der Waals surface area contributed by atoms with Gasteiger partial charge in [0.2, 0.25) is 0 Å². The summed E-state index contributed by atoms with van der Waals surface area (Å²) in [4.78, 5) is 15.2. The second-order valence-electron chi connectivity index (χ2n) is 3.61. The lowest BCUT2D eigenvalue weighted by atomic mass is 10.1. The van der Waals surface area contributed by atoms with Crippen LogP contribution in [0.25, 0.3) is 0 Å². The van der Waals surface area contributed by atoms with E-state index >= 15 is 0 Å². The van der Waals surface area contributed by atoms with Gasteiger partial charge in [0.05, 0.1) is 5.69 Å². The van der Waals surface area contributed by atoms with Gasteiger partial charge in [0.1, 0.15) is 6.26 Å². The molecule has 3 N–H and O–H groups in total. The predicted octanol–water partition coefficient (Wildman–Crippen LogP) is 2.08. The lowest BCUT2D eigenvalue weighted by molar-refractivity contribution is 0.101. The van der Waals surface area contributed by atoms with Crippen molar-refractivity contribution in [3.8, 4) is 0 Å². The number of rotatable bonds is 4. The van der Waals surface area contributed by atoms with E-state index < -0.39 is 0 Å². The molecule has 0 aliphatic carbocycles. The standard InChI is InChI=1S/C12H13N3O2/c1-8(16)9-2-4-10(5-3-9)14-12-15-11(6-13)7-17-12/h2-5,7H,6,13H2,1H3,(H,14,15). The van der Waals surface area contributed by atoms with Gasteiger partial charge in [-0.25, -0.2) is 0 Å². The molecule has 0 bridgehead atoms. The van der Waals surface area contributed by atoms with Crippen molar-refractivity contribution in [2.24, 2.45) is 5.73 Å². The van der Waals surface area contributed by atoms with E-state index in [-0.39, 0.29) is 5.78 Å². The number of nitrogens with zero attached hydrogens (tertiary/aromatic N) is 1. The van der Waals surface area contributed by atoms with E-state index in [1.165, 1.54) is 13.2 Å². The Balaban J connectivity index is 2.10. The van der Waals surface area contributed by atoms with Crippen LogP contribution in [0.3, 0.4) is 0 Å². The average molecular weight is 231 g/mol. The summed E-state index contributed by atoms with van der Waals surface area (Å²) in [5.74, 6) is 0.0399. The number of aromatic nitrogens is 1. The van der Waals surface area contributed by atoms with Crippen LogP contribution in [0.15, 0.2) is 34.9 Å². The maximum Gasteiger partial charge on any atom is 0.299 e. The highest BCUT2D eigenvalue weighted by Crippen LogP contribution is 2.16. The number of carbonyl (C=O) groups is 1. The molecule has 0 atom stereocenters. The van der Waals surface area contributed by atoms with E-state index in [9.17, 15) is 4.79 Å². The first kappa shape index (κ1) is 11.3. The summed E-state index contributed by atoms with van der Waals surface area (Å²) in [6, 6.07) is 7.47. The van der Waals surface area contributed by atoms with Crippen molar-refractivity contribution in [1.29, 1.82) is 0 Å². The van der Waals surface area contributed by atoms with Crippen LogP contribution in [0.4, 0.5) is 11.7 Å². The van der Waals surface area contributed by atoms with Crippen LogP contribution in [0, 0.1) is 0 Å². The fourth-order valence-corrected chi connectivity index (χ4v) is 1.37. The van der Waals surface area contributed by atoms with Gasteiger partial charge in [0.25, 0.3) is 6.01 Å². The summed E-state index contributed by atoms with van der Waals surface area (Å²) < 4.78 is 5.17. The second kappa shape index (κ2) is 4.80. The van der Waals surface area contributed by atoms with Gasteiger partial charge in [-0.1, -0.05) is 0 Å². The molecular weight excluding hydrogens is 218 g/mol. The van der Waals surface area contributed by atoms with E-state index in [0.29, 0.717) is 23.8 Å². The molecule has 0 saturated carbocycles. The quantitative estimate of drug-likeness (QED) is 0.787. The first-order valence-electron chi connectivity index (χ1n) is 5.21. The van der Waals surface area contributed by atoms with Crippen LogP contribution < -0.4 is 11.1 Å². The third-order valence-corrected chi connectivity index (χ3v) is 2.30. The van der Waals surface area contributed by atoms with Crippen LogP contribution in [-0.4, -0.2) is 10.8 Å². The smallest absolute Gasteiger partial charge is 0.299 e. The number of hydrogen-bond acceptors (Lipinski definition) is 5. The molecule has 2 aromatic rings. The zero-order valence-corrected chi connectivity index (χ0v) is 9.43. The molecule has 0 radical (unpaired) electrons. The molecule has 0 aliphatic heterocycles. The Morgan fingerprint density at radius 3 is 2.65 bits per heavy atom. The average Bonchev–Trinajstić information content (AvgIpc) is 2.77. The summed E-state index contributed by atoms with van der Waals surface area (Å²) >= 11 is 0. The number of oxazole rings is 1. The molecule has 5 heteroatoms. The number of anilines is 2. The van der Waals surface area contributed by atoms with E-state index in [1.807, 2.05) is 0 Å². The van der Waals surface area contributed by atoms with Gasteiger partial charge in [-0.05, 0) is 31.2 Å². The van der Waals surface area contributed by atoms with Crippen LogP contribution in [-0.2, 0) is 6.54 Å². The number of nitrogens with two attached hydrogens (primary N) is 1. The van der Waals surface area contributed by atoms with Crippen LogP contribution in [0.5, 0.6) is 0 Å². The zero-order chi connectivity index (χ0) is 12.3. The molecule has 88 valence electrons. The van der Waals surface area contributed by atoms with Gasteiger partial charge in [0, 0.05) is 17.8 Å². The molecule has 0 aliphatic rings. The van der Waals surface area contributed by atoms with Gasteiger partial charge < -0.3 is 15.5 Å². The van der Waals surface area contributed by atoms with Gasteiger partial charge in [0.15, 0.2) is 5.78 Å². The molecule has 1 aromatic carbocycles. The normalized spacial score (nSPS) is 10.2. The van der Waals surface area contributed by atoms with Gasteiger partial charge >= 0.3 is 0 Å². The highest BCUT2D eigenvalue weighted by molar-refractivity contribution is 5.94. The van der Waals surface area contributed by atoms with Gasteiger partial charge in [-0.15, -0.1) is 0 Å². The molecule has 1 aromatic heterocycles. The van der Waals surface area contributed by atoms with Crippen molar-refractivity contribution >= 4 is 17.5 Å². The SMILES string of the molecule is CC(=O)c1ccc(Nc2nc(CN)co2)cc1. The summed E-state index contributed by atoms with van der Waals surface area (Å²) in [5, 5.41) is 2.98. The number of hydrogen-bond donors (Lipinski definition) is 2. The molecule has 0 unspecified atom stereocenters. The molecule has 0 fully saturated rings. The predicted molar refractivity (Wildman–Crippen MR) is 64.1 cm³/mol. The van der Waals surface area contributed by atoms with Gasteiger partial charge in [-0.2, -0.15) is 4.98 Å². The maximum absolute atomic E-state index is 11.1. The van der Waals surface area contributed by atoms with Crippen molar-refractivity contribution in [2.45, 2.75) is 13.5 Å². The summed E-state index contributed by atoms with van der Waals surface area (Å²) in [5.41, 5.74) is 7.59. The highest BCUT2D eigenvalue weighted by Gasteiger charge is 2.03. The van der Waals surface area contributed by atoms with Crippen molar-refractivity contribution < 1.29 is 9.21 Å². The fraction of sp³-hybridized carbons (Fsp3) is 0.167. The van der Waals surface area contributed by atoms with Crippen molar-refractivity contribution in [2.75, 3.05) is 5.32 Å². The lowest BCUT2D eigenvalue weighted by Crippen LogP contribution is -1.97. The Labute approximate surface area is 98.6 Å². The Hall–Kier alpha value is -2.14. The third kappa shape index (κ3) is 2.70. The monoisotopic (exact) mass is 231 g/mol. The number of ketones is 1. The summed E-state index contributed by atoms with van der Waals surface area (Å²) in [6.45, 7) is 1.87.